The highest BCUT2D eigenvalue weighted by atomic mass is 19.4. The van der Waals surface area contributed by atoms with Crippen molar-refractivity contribution in [3.05, 3.63) is 131 Å². The van der Waals surface area contributed by atoms with Crippen LogP contribution < -0.4 is 10.6 Å². The largest absolute Gasteiger partial charge is 0.416 e. The van der Waals surface area contributed by atoms with E-state index >= 15 is 0 Å². The molecule has 6 aromatic rings. The molecule has 2 aromatic heterocycles. The van der Waals surface area contributed by atoms with E-state index in [4.69, 9.17) is 0 Å². The number of benzene rings is 4. The van der Waals surface area contributed by atoms with Crippen molar-refractivity contribution < 1.29 is 55.1 Å². The first kappa shape index (κ1) is 35.6. The van der Waals surface area contributed by atoms with Crippen molar-refractivity contribution in [2.75, 3.05) is 10.6 Å². The summed E-state index contributed by atoms with van der Waals surface area (Å²) in [5.74, 6) is -9.96. The van der Waals surface area contributed by atoms with E-state index in [-0.39, 0.29) is 44.4 Å². The minimum absolute atomic E-state index is 0.00793. The van der Waals surface area contributed by atoms with Crippen LogP contribution in [0.25, 0.3) is 21.8 Å². The van der Waals surface area contributed by atoms with Crippen LogP contribution >= 0.6 is 0 Å². The third-order valence-electron chi connectivity index (χ3n) is 9.05. The zero-order valence-electron chi connectivity index (χ0n) is 27.1. The number of aromatic amines is 2. The fourth-order valence-corrected chi connectivity index (χ4v) is 6.31. The Hall–Kier alpha value is -6.84. The average molecular weight is 745 g/mol. The predicted octanol–water partition coefficient (Wildman–Crippen LogP) is 7.35. The Morgan fingerprint density at radius 2 is 0.833 bits per heavy atom. The fourth-order valence-electron chi connectivity index (χ4n) is 6.31. The number of anilines is 2. The Kier molecular flexibility index (Phi) is 8.55. The lowest BCUT2D eigenvalue weighted by Gasteiger charge is -2.24. The van der Waals surface area contributed by atoms with Gasteiger partial charge in [-0.2, -0.15) is 26.3 Å². The lowest BCUT2D eigenvalue weighted by molar-refractivity contribution is -0.150. The molecule has 0 unspecified atom stereocenters. The smallest absolute Gasteiger partial charge is 0.361 e. The molecule has 1 saturated carbocycles. The van der Waals surface area contributed by atoms with Crippen molar-refractivity contribution in [3.63, 3.8) is 0 Å². The maximum Gasteiger partial charge on any atom is 0.416 e. The van der Waals surface area contributed by atoms with Crippen molar-refractivity contribution >= 4 is 68.1 Å². The van der Waals surface area contributed by atoms with Gasteiger partial charge in [0, 0.05) is 56.7 Å². The second-order valence-electron chi connectivity index (χ2n) is 12.4. The Labute approximate surface area is 298 Å². The summed E-state index contributed by atoms with van der Waals surface area (Å²) in [6.07, 6.45) is -6.63. The highest BCUT2D eigenvalue weighted by Crippen LogP contribution is 2.38. The predicted molar refractivity (Wildman–Crippen MR) is 181 cm³/mol. The number of Topliss-reactive ketones (excluding diaryl/α,β-unsaturated/α-hetero) is 4. The summed E-state index contributed by atoms with van der Waals surface area (Å²) in [4.78, 5) is 86.3. The maximum absolute atomic E-state index is 13.6. The van der Waals surface area contributed by atoms with Crippen LogP contribution in [0.1, 0.15) is 54.8 Å². The van der Waals surface area contributed by atoms with Gasteiger partial charge in [-0.1, -0.05) is 0 Å². The number of fused-ring (bicyclic) bond motifs is 2. The van der Waals surface area contributed by atoms with E-state index in [1.807, 2.05) is 0 Å². The van der Waals surface area contributed by atoms with Gasteiger partial charge in [0.25, 0.3) is 11.8 Å². The fraction of sp³-hybridized carbons (Fsp3) is 0.105. The Balaban J connectivity index is 1.13. The molecule has 4 aromatic carbocycles. The number of ketones is 4. The van der Waals surface area contributed by atoms with Crippen molar-refractivity contribution in [1.82, 2.24) is 9.97 Å². The van der Waals surface area contributed by atoms with E-state index in [9.17, 15) is 55.1 Å². The first-order chi connectivity index (χ1) is 25.5. The number of aromatic nitrogens is 2. The number of nitrogens with one attached hydrogen (secondary N) is 4. The normalized spacial score (nSPS) is 16.6. The number of alkyl halides is 6. The van der Waals surface area contributed by atoms with Gasteiger partial charge in [-0.3, -0.25) is 28.8 Å². The van der Waals surface area contributed by atoms with Gasteiger partial charge in [-0.05, 0) is 96.1 Å². The molecule has 2 amide bonds. The summed E-state index contributed by atoms with van der Waals surface area (Å²) in [7, 11) is 0. The molecule has 4 N–H and O–H groups in total. The Bertz CT molecular complexity index is 2340. The second kappa shape index (κ2) is 13.0. The number of rotatable bonds is 6. The molecule has 1 aliphatic rings. The quantitative estimate of drug-likeness (QED) is 0.0794. The molecule has 54 heavy (non-hydrogen) atoms. The Morgan fingerprint density at radius 1 is 0.500 bits per heavy atom. The van der Waals surface area contributed by atoms with Gasteiger partial charge in [0.15, 0.2) is 0 Å². The first-order valence-corrected chi connectivity index (χ1v) is 15.9. The van der Waals surface area contributed by atoms with Crippen molar-refractivity contribution in [2.45, 2.75) is 24.2 Å². The molecular weight excluding hydrogens is 722 g/mol. The van der Waals surface area contributed by atoms with Gasteiger partial charge in [0.05, 0.1) is 11.1 Å². The van der Waals surface area contributed by atoms with Gasteiger partial charge in [-0.25, -0.2) is 0 Å². The minimum Gasteiger partial charge on any atom is -0.361 e. The first-order valence-electron chi connectivity index (χ1n) is 15.9. The number of hydrogen-bond acceptors (Lipinski definition) is 6. The molecule has 10 nitrogen and oxygen atoms in total. The molecule has 0 bridgehead atoms. The molecule has 272 valence electrons. The molecule has 0 spiro atoms. The monoisotopic (exact) mass is 744 g/mol. The van der Waals surface area contributed by atoms with E-state index in [0.717, 1.165) is 48.5 Å². The molecular formula is C38H22F6N4O6. The summed E-state index contributed by atoms with van der Waals surface area (Å²) >= 11 is 0. The molecule has 0 radical (unpaired) electrons. The van der Waals surface area contributed by atoms with Gasteiger partial charge in [-0.15, -0.1) is 0 Å². The lowest BCUT2D eigenvalue weighted by atomic mass is 9.72. The molecule has 0 saturated heterocycles. The standard InChI is InChI=1S/C38H22F6N4O6/c39-37(40,41)19-3-7-21(8-4-19)47-35(53)17-1-11-27-23(13-17)25(15-45-27)29-31(49)33(51)30(34(52)32(29)50)26-16-46-28-12-2-18(14-24(26)28)36(54)48-22-9-5-20(6-10-22)38(42,43)44/h1-16,29-30,45-46H,(H,47,53)(H,48,54). The highest BCUT2D eigenvalue weighted by molar-refractivity contribution is 6.64. The van der Waals surface area contributed by atoms with E-state index in [2.05, 4.69) is 20.6 Å². The van der Waals surface area contributed by atoms with Crippen LogP contribution in [-0.2, 0) is 31.5 Å². The zero-order valence-corrected chi connectivity index (χ0v) is 27.1. The van der Waals surface area contributed by atoms with E-state index in [1.54, 1.807) is 0 Å². The second-order valence-corrected chi connectivity index (χ2v) is 12.4. The molecule has 2 heterocycles. The van der Waals surface area contributed by atoms with Gasteiger partial charge in [0.2, 0.25) is 23.1 Å². The maximum atomic E-state index is 13.6. The molecule has 16 heteroatoms. The van der Waals surface area contributed by atoms with Crippen LogP contribution in [-0.4, -0.2) is 44.9 Å². The van der Waals surface area contributed by atoms with Gasteiger partial charge in [0.1, 0.15) is 11.8 Å². The Morgan fingerprint density at radius 3 is 1.15 bits per heavy atom. The number of hydrogen-bond donors (Lipinski definition) is 4. The van der Waals surface area contributed by atoms with E-state index in [1.165, 1.54) is 48.8 Å². The third kappa shape index (κ3) is 6.42. The van der Waals surface area contributed by atoms with Gasteiger partial charge >= 0.3 is 12.4 Å². The van der Waals surface area contributed by atoms with Crippen LogP contribution in [0.15, 0.2) is 97.3 Å². The number of carbonyl (C=O) groups excluding carboxylic acids is 6. The van der Waals surface area contributed by atoms with E-state index in [0.29, 0.717) is 11.0 Å². The van der Waals surface area contributed by atoms with Crippen molar-refractivity contribution in [3.8, 4) is 0 Å². The van der Waals surface area contributed by atoms with Crippen molar-refractivity contribution in [1.29, 1.82) is 0 Å². The summed E-state index contributed by atoms with van der Waals surface area (Å²) in [6.45, 7) is 0. The molecule has 1 fully saturated rings. The number of amides is 2. The molecule has 1 aliphatic carbocycles. The molecule has 7 rings (SSSR count). The molecule has 0 aliphatic heterocycles. The summed E-state index contributed by atoms with van der Waals surface area (Å²) < 4.78 is 77.6. The summed E-state index contributed by atoms with van der Waals surface area (Å²) in [5.41, 5.74) is -1.13. The van der Waals surface area contributed by atoms with Crippen molar-refractivity contribution in [2.24, 2.45) is 0 Å². The van der Waals surface area contributed by atoms with Crippen LogP contribution in [0, 0.1) is 0 Å². The van der Waals surface area contributed by atoms with Crippen LogP contribution in [0.5, 0.6) is 0 Å². The third-order valence-corrected chi connectivity index (χ3v) is 9.05. The highest BCUT2D eigenvalue weighted by Gasteiger charge is 2.51. The number of halogens is 6. The zero-order chi connectivity index (χ0) is 38.7. The van der Waals surface area contributed by atoms with E-state index < -0.39 is 70.3 Å². The van der Waals surface area contributed by atoms with Crippen LogP contribution in [0.3, 0.4) is 0 Å². The molecule has 0 atom stereocenters. The lowest BCUT2D eigenvalue weighted by Crippen LogP contribution is -2.46. The summed E-state index contributed by atoms with van der Waals surface area (Å²) in [6, 6.07) is 15.7. The summed E-state index contributed by atoms with van der Waals surface area (Å²) in [5, 5.41) is 5.26. The van der Waals surface area contributed by atoms with Crippen LogP contribution in [0.2, 0.25) is 0 Å². The number of H-pyrrole nitrogens is 2. The topological polar surface area (TPSA) is 158 Å². The average Bonchev–Trinajstić information content (AvgIpc) is 3.74. The minimum atomic E-state index is -4.57. The SMILES string of the molecule is O=C(Nc1ccc(C(F)(F)F)cc1)c1ccc2[nH]cc(C3C(=O)C(=O)C(c4c[nH]c5ccc(C(=O)Nc6ccc(C(F)(F)F)cc6)cc45)C(=O)C3=O)c2c1. The number of carbonyl (C=O) groups is 6. The van der Waals surface area contributed by atoms with Crippen LogP contribution in [0.4, 0.5) is 37.7 Å². The van der Waals surface area contributed by atoms with Gasteiger partial charge < -0.3 is 20.6 Å².